The van der Waals surface area contributed by atoms with E-state index in [4.69, 9.17) is 5.11 Å². The number of hydrogen-bond acceptors (Lipinski definition) is 4. The minimum Gasteiger partial charge on any atom is -0.478 e. The van der Waals surface area contributed by atoms with Gasteiger partial charge < -0.3 is 10.2 Å². The standard InChI is InChI=1S/C9H9NO5/c1-5(11)7-4-6(9(12)13)2-3-8(7)10(14)15/h2-5,11H,1H3,(H,12,13). The Kier molecular flexibility index (Phi) is 3.01. The summed E-state index contributed by atoms with van der Waals surface area (Å²) in [5.41, 5.74) is -0.369. The summed E-state index contributed by atoms with van der Waals surface area (Å²) in [6.07, 6.45) is -1.08. The van der Waals surface area contributed by atoms with Gasteiger partial charge in [-0.1, -0.05) is 0 Å². The summed E-state index contributed by atoms with van der Waals surface area (Å²) >= 11 is 0. The Hall–Kier alpha value is -1.95. The topological polar surface area (TPSA) is 101 Å². The van der Waals surface area contributed by atoms with Crippen molar-refractivity contribution in [1.82, 2.24) is 0 Å². The van der Waals surface area contributed by atoms with Gasteiger partial charge in [-0.2, -0.15) is 0 Å². The second-order valence-electron chi connectivity index (χ2n) is 3.01. The molecule has 0 radical (unpaired) electrons. The van der Waals surface area contributed by atoms with E-state index >= 15 is 0 Å². The van der Waals surface area contributed by atoms with Crippen LogP contribution in [0.3, 0.4) is 0 Å². The summed E-state index contributed by atoms with van der Waals surface area (Å²) in [6, 6.07) is 3.31. The molecule has 1 rings (SSSR count). The lowest BCUT2D eigenvalue weighted by molar-refractivity contribution is -0.386. The zero-order chi connectivity index (χ0) is 11.6. The lowest BCUT2D eigenvalue weighted by Crippen LogP contribution is -2.03. The summed E-state index contributed by atoms with van der Waals surface area (Å²) in [5.74, 6) is -1.19. The molecule has 0 spiro atoms. The molecule has 0 aromatic heterocycles. The predicted molar refractivity (Wildman–Crippen MR) is 50.7 cm³/mol. The molecule has 0 heterocycles. The molecule has 0 amide bonds. The molecule has 6 nitrogen and oxygen atoms in total. The molecule has 0 aliphatic heterocycles. The number of nitro benzene ring substituents is 1. The van der Waals surface area contributed by atoms with Crippen molar-refractivity contribution in [3.05, 3.63) is 39.4 Å². The van der Waals surface area contributed by atoms with Gasteiger partial charge in [-0.05, 0) is 19.1 Å². The molecule has 15 heavy (non-hydrogen) atoms. The van der Waals surface area contributed by atoms with E-state index in [2.05, 4.69) is 0 Å². The van der Waals surface area contributed by atoms with E-state index in [1.807, 2.05) is 0 Å². The fourth-order valence-electron chi connectivity index (χ4n) is 1.19. The first-order valence-electron chi connectivity index (χ1n) is 4.13. The summed E-state index contributed by atoms with van der Waals surface area (Å²) < 4.78 is 0. The van der Waals surface area contributed by atoms with Crippen LogP contribution >= 0.6 is 0 Å². The highest BCUT2D eigenvalue weighted by molar-refractivity contribution is 5.88. The molecule has 1 aromatic carbocycles. The highest BCUT2D eigenvalue weighted by Gasteiger charge is 2.19. The SMILES string of the molecule is CC(O)c1cc(C(=O)O)ccc1[N+](=O)[O-]. The highest BCUT2D eigenvalue weighted by Crippen LogP contribution is 2.25. The van der Waals surface area contributed by atoms with Crippen molar-refractivity contribution >= 4 is 11.7 Å². The lowest BCUT2D eigenvalue weighted by atomic mass is 10.0. The minimum absolute atomic E-state index is 0.0000926. The zero-order valence-electron chi connectivity index (χ0n) is 7.88. The van der Waals surface area contributed by atoms with Gasteiger partial charge in [0.25, 0.3) is 5.69 Å². The van der Waals surface area contributed by atoms with Crippen LogP contribution in [0.5, 0.6) is 0 Å². The van der Waals surface area contributed by atoms with Crippen LogP contribution in [0.4, 0.5) is 5.69 Å². The zero-order valence-corrected chi connectivity index (χ0v) is 7.88. The van der Waals surface area contributed by atoms with Crippen LogP contribution in [-0.4, -0.2) is 21.1 Å². The Morgan fingerprint density at radius 1 is 1.53 bits per heavy atom. The van der Waals surface area contributed by atoms with Crippen molar-refractivity contribution in [2.24, 2.45) is 0 Å². The molecule has 0 aliphatic carbocycles. The van der Waals surface area contributed by atoms with Gasteiger partial charge in [0, 0.05) is 6.07 Å². The summed E-state index contributed by atoms with van der Waals surface area (Å²) in [6.45, 7) is 1.34. The van der Waals surface area contributed by atoms with E-state index in [0.29, 0.717) is 0 Å². The number of nitrogens with zero attached hydrogens (tertiary/aromatic N) is 1. The first-order valence-corrected chi connectivity index (χ1v) is 4.13. The summed E-state index contributed by atoms with van der Waals surface area (Å²) in [5, 5.41) is 28.5. The van der Waals surface area contributed by atoms with Crippen molar-refractivity contribution in [2.45, 2.75) is 13.0 Å². The number of rotatable bonds is 3. The number of aromatic carboxylic acids is 1. The van der Waals surface area contributed by atoms with E-state index in [1.54, 1.807) is 0 Å². The van der Waals surface area contributed by atoms with E-state index in [1.165, 1.54) is 6.92 Å². The molecule has 0 bridgehead atoms. The van der Waals surface area contributed by atoms with Crippen molar-refractivity contribution in [3.63, 3.8) is 0 Å². The lowest BCUT2D eigenvalue weighted by Gasteiger charge is -2.06. The predicted octanol–water partition coefficient (Wildman–Crippen LogP) is 1.35. The minimum atomic E-state index is -1.19. The van der Waals surface area contributed by atoms with Crippen LogP contribution < -0.4 is 0 Å². The monoisotopic (exact) mass is 211 g/mol. The Bertz CT molecular complexity index is 413. The molecular formula is C9H9NO5. The fraction of sp³-hybridized carbons (Fsp3) is 0.222. The fourth-order valence-corrected chi connectivity index (χ4v) is 1.19. The first-order chi connectivity index (χ1) is 6.93. The average Bonchev–Trinajstić information content (AvgIpc) is 2.16. The molecule has 1 atom stereocenters. The number of hydrogen-bond donors (Lipinski definition) is 2. The molecule has 80 valence electrons. The maximum atomic E-state index is 10.6. The normalized spacial score (nSPS) is 12.1. The molecule has 0 aliphatic rings. The third-order valence-electron chi connectivity index (χ3n) is 1.92. The van der Waals surface area contributed by atoms with Crippen molar-refractivity contribution in [1.29, 1.82) is 0 Å². The number of aliphatic hydroxyl groups excluding tert-OH is 1. The average molecular weight is 211 g/mol. The summed E-state index contributed by atoms with van der Waals surface area (Å²) in [7, 11) is 0. The number of carboxylic acids is 1. The summed E-state index contributed by atoms with van der Waals surface area (Å²) in [4.78, 5) is 20.5. The molecule has 2 N–H and O–H groups in total. The van der Waals surface area contributed by atoms with Gasteiger partial charge in [0.15, 0.2) is 0 Å². The molecular weight excluding hydrogens is 202 g/mol. The maximum absolute atomic E-state index is 10.6. The highest BCUT2D eigenvalue weighted by atomic mass is 16.6. The molecule has 1 unspecified atom stereocenters. The van der Waals surface area contributed by atoms with Crippen LogP contribution in [0.25, 0.3) is 0 Å². The van der Waals surface area contributed by atoms with Gasteiger partial charge in [0.2, 0.25) is 0 Å². The number of benzene rings is 1. The van der Waals surface area contributed by atoms with Crippen molar-refractivity contribution in [3.8, 4) is 0 Å². The quantitative estimate of drug-likeness (QED) is 0.580. The van der Waals surface area contributed by atoms with Gasteiger partial charge >= 0.3 is 5.97 Å². The van der Waals surface area contributed by atoms with Crippen LogP contribution in [0.1, 0.15) is 28.9 Å². The molecule has 0 fully saturated rings. The largest absolute Gasteiger partial charge is 0.478 e. The van der Waals surface area contributed by atoms with Crippen molar-refractivity contribution in [2.75, 3.05) is 0 Å². The number of nitro groups is 1. The number of carbonyl (C=O) groups is 1. The van der Waals surface area contributed by atoms with E-state index in [-0.39, 0.29) is 16.8 Å². The second kappa shape index (κ2) is 4.05. The molecule has 0 saturated heterocycles. The first kappa shape index (κ1) is 11.1. The number of carboxylic acid groups (broad SMARTS) is 1. The third kappa shape index (κ3) is 2.29. The Labute approximate surface area is 84.9 Å². The van der Waals surface area contributed by atoms with Gasteiger partial charge in [0.05, 0.1) is 22.2 Å². The Balaban J connectivity index is 3.33. The molecule has 0 saturated carbocycles. The Morgan fingerprint density at radius 2 is 2.13 bits per heavy atom. The van der Waals surface area contributed by atoms with Crippen LogP contribution in [0.2, 0.25) is 0 Å². The smallest absolute Gasteiger partial charge is 0.335 e. The van der Waals surface area contributed by atoms with E-state index in [9.17, 15) is 20.0 Å². The molecule has 6 heteroatoms. The third-order valence-corrected chi connectivity index (χ3v) is 1.92. The van der Waals surface area contributed by atoms with Crippen molar-refractivity contribution < 1.29 is 19.9 Å². The maximum Gasteiger partial charge on any atom is 0.335 e. The van der Waals surface area contributed by atoms with Gasteiger partial charge in [-0.3, -0.25) is 10.1 Å². The second-order valence-corrected chi connectivity index (χ2v) is 3.01. The Morgan fingerprint density at radius 3 is 2.53 bits per heavy atom. The van der Waals surface area contributed by atoms with Gasteiger partial charge in [-0.15, -0.1) is 0 Å². The van der Waals surface area contributed by atoms with E-state index in [0.717, 1.165) is 18.2 Å². The number of aliphatic hydroxyl groups is 1. The van der Waals surface area contributed by atoms with Crippen LogP contribution in [0.15, 0.2) is 18.2 Å². The van der Waals surface area contributed by atoms with Gasteiger partial charge in [0.1, 0.15) is 0 Å². The van der Waals surface area contributed by atoms with Crippen LogP contribution in [0, 0.1) is 10.1 Å². The van der Waals surface area contributed by atoms with Crippen LogP contribution in [-0.2, 0) is 0 Å². The molecule has 1 aromatic rings. The van der Waals surface area contributed by atoms with E-state index < -0.39 is 17.0 Å². The van der Waals surface area contributed by atoms with Gasteiger partial charge in [-0.25, -0.2) is 4.79 Å².